The highest BCUT2D eigenvalue weighted by molar-refractivity contribution is 7.20. The first-order chi connectivity index (χ1) is 9.63. The molecule has 0 saturated carbocycles. The van der Waals surface area contributed by atoms with Crippen LogP contribution in [0.3, 0.4) is 0 Å². The fourth-order valence-electron chi connectivity index (χ4n) is 1.81. The molecule has 0 saturated heterocycles. The van der Waals surface area contributed by atoms with E-state index in [1.54, 1.807) is 42.7 Å². The van der Waals surface area contributed by atoms with E-state index in [1.807, 2.05) is 0 Å². The van der Waals surface area contributed by atoms with Gasteiger partial charge in [-0.1, -0.05) is 11.6 Å². The maximum absolute atomic E-state index is 11.2. The molecule has 0 aliphatic carbocycles. The van der Waals surface area contributed by atoms with E-state index in [0.717, 1.165) is 10.1 Å². The van der Waals surface area contributed by atoms with Gasteiger partial charge in [0.1, 0.15) is 10.4 Å². The lowest BCUT2D eigenvalue weighted by molar-refractivity contribution is -0.376. The van der Waals surface area contributed by atoms with E-state index >= 15 is 0 Å². The number of fused-ring (bicyclic) bond motifs is 1. The number of primary amides is 1. The molecule has 3 rings (SSSR count). The molecule has 0 bridgehead atoms. The zero-order valence-corrected chi connectivity index (χ0v) is 11.8. The molecule has 0 atom stereocenters. The first-order valence-corrected chi connectivity index (χ1v) is 7.00. The number of hydrogen-bond acceptors (Lipinski definition) is 3. The van der Waals surface area contributed by atoms with Crippen molar-refractivity contribution in [3.63, 3.8) is 0 Å². The molecule has 3 N–H and O–H groups in total. The molecule has 6 heteroatoms. The summed E-state index contributed by atoms with van der Waals surface area (Å²) in [6.07, 6.45) is 3.54. The molecule has 1 amide bonds. The van der Waals surface area contributed by atoms with Gasteiger partial charge < -0.3 is 10.5 Å². The fourth-order valence-corrected chi connectivity index (χ4v) is 2.85. The number of amides is 1. The number of nitrogens with one attached hydrogen (secondary N) is 1. The summed E-state index contributed by atoms with van der Waals surface area (Å²) in [6, 6.07) is 8.80. The van der Waals surface area contributed by atoms with Gasteiger partial charge in [0.2, 0.25) is 6.20 Å². The predicted molar refractivity (Wildman–Crippen MR) is 78.4 cm³/mol. The fraction of sp³-hybridized carbons (Fsp3) is 0. The number of thiophene rings is 1. The second-order valence-electron chi connectivity index (χ2n) is 4.13. The number of rotatable bonds is 3. The standard InChI is InChI=1S/C14H9ClN2O2S/c15-8-1-3-9(4-2-8)19-11-6-17-7-13-10(11)5-12(20-13)14(16)18/h1-7H,(H2,16,18)/p+1. The number of ether oxygens (including phenoxy) is 1. The number of H-pyrrole nitrogens is 1. The Morgan fingerprint density at radius 2 is 2.00 bits per heavy atom. The van der Waals surface area contributed by atoms with Gasteiger partial charge in [-0.3, -0.25) is 4.79 Å². The van der Waals surface area contributed by atoms with Crippen molar-refractivity contribution in [2.75, 3.05) is 0 Å². The third-order valence-corrected chi connectivity index (χ3v) is 4.09. The van der Waals surface area contributed by atoms with Crippen molar-refractivity contribution in [2.45, 2.75) is 0 Å². The molecule has 0 radical (unpaired) electrons. The Balaban J connectivity index is 2.02. The Morgan fingerprint density at radius 3 is 2.70 bits per heavy atom. The van der Waals surface area contributed by atoms with E-state index in [4.69, 9.17) is 22.1 Å². The number of nitrogens with two attached hydrogens (primary N) is 1. The average molecular weight is 306 g/mol. The van der Waals surface area contributed by atoms with Crippen molar-refractivity contribution in [2.24, 2.45) is 5.73 Å². The first-order valence-electron chi connectivity index (χ1n) is 5.80. The van der Waals surface area contributed by atoms with Gasteiger partial charge in [0.25, 0.3) is 5.91 Å². The smallest absolute Gasteiger partial charge is 0.258 e. The van der Waals surface area contributed by atoms with Gasteiger partial charge in [0.15, 0.2) is 11.9 Å². The minimum atomic E-state index is -0.441. The molecule has 2 aromatic heterocycles. The molecule has 2 heterocycles. The van der Waals surface area contributed by atoms with Crippen LogP contribution in [-0.4, -0.2) is 5.91 Å². The van der Waals surface area contributed by atoms with Gasteiger partial charge in [-0.05, 0) is 30.3 Å². The lowest BCUT2D eigenvalue weighted by atomic mass is 10.3. The van der Waals surface area contributed by atoms with Crippen molar-refractivity contribution >= 4 is 38.9 Å². The molecule has 1 aromatic carbocycles. The lowest BCUT2D eigenvalue weighted by Crippen LogP contribution is -2.08. The summed E-state index contributed by atoms with van der Waals surface area (Å²) in [6.45, 7) is 0. The zero-order chi connectivity index (χ0) is 14.1. The molecule has 0 aliphatic heterocycles. The third-order valence-electron chi connectivity index (χ3n) is 2.74. The van der Waals surface area contributed by atoms with Crippen LogP contribution in [0, 0.1) is 0 Å². The van der Waals surface area contributed by atoms with Crippen molar-refractivity contribution < 1.29 is 14.5 Å². The van der Waals surface area contributed by atoms with E-state index in [1.165, 1.54) is 11.3 Å². The van der Waals surface area contributed by atoms with Gasteiger partial charge in [0.05, 0.1) is 4.88 Å². The van der Waals surface area contributed by atoms with Crippen LogP contribution in [0.1, 0.15) is 9.67 Å². The van der Waals surface area contributed by atoms with Crippen LogP contribution in [0.15, 0.2) is 42.7 Å². The topological polar surface area (TPSA) is 66.5 Å². The summed E-state index contributed by atoms with van der Waals surface area (Å²) < 4.78 is 6.71. The van der Waals surface area contributed by atoms with Crippen LogP contribution >= 0.6 is 22.9 Å². The second kappa shape index (κ2) is 5.11. The van der Waals surface area contributed by atoms with E-state index < -0.39 is 5.91 Å². The Hall–Kier alpha value is -2.11. The molecule has 20 heavy (non-hydrogen) atoms. The Bertz CT molecular complexity index is 783. The maximum atomic E-state index is 11.2. The number of hydrogen-bond donors (Lipinski definition) is 1. The molecule has 3 aromatic rings. The van der Waals surface area contributed by atoms with Crippen LogP contribution in [0.4, 0.5) is 0 Å². The minimum Gasteiger partial charge on any atom is -0.450 e. The molecular weight excluding hydrogens is 296 g/mol. The SMILES string of the molecule is NC(=O)c1cc2c(Oc3ccc(Cl)cc3)c[nH+]cc2s1. The van der Waals surface area contributed by atoms with E-state index in [9.17, 15) is 4.79 Å². The highest BCUT2D eigenvalue weighted by Crippen LogP contribution is 2.33. The molecule has 0 aliphatic rings. The average Bonchev–Trinajstić information content (AvgIpc) is 2.87. The Labute approximate surface area is 123 Å². The van der Waals surface area contributed by atoms with E-state index in [2.05, 4.69) is 4.98 Å². The number of aromatic amines is 1. The van der Waals surface area contributed by atoms with Crippen LogP contribution in [0.25, 0.3) is 10.1 Å². The molecule has 0 unspecified atom stereocenters. The van der Waals surface area contributed by atoms with Gasteiger partial charge in [-0.15, -0.1) is 11.3 Å². The number of benzene rings is 1. The summed E-state index contributed by atoms with van der Waals surface area (Å²) in [7, 11) is 0. The highest BCUT2D eigenvalue weighted by atomic mass is 35.5. The summed E-state index contributed by atoms with van der Waals surface area (Å²) in [4.78, 5) is 14.7. The van der Waals surface area contributed by atoms with Gasteiger partial charge >= 0.3 is 0 Å². The van der Waals surface area contributed by atoms with Crippen molar-refractivity contribution in [1.29, 1.82) is 0 Å². The monoisotopic (exact) mass is 305 g/mol. The quantitative estimate of drug-likeness (QED) is 0.807. The van der Waals surface area contributed by atoms with Crippen LogP contribution in [0.2, 0.25) is 5.02 Å². The summed E-state index contributed by atoms with van der Waals surface area (Å²) in [5.41, 5.74) is 5.30. The number of aromatic nitrogens is 1. The Kier molecular flexibility index (Phi) is 3.30. The second-order valence-corrected chi connectivity index (χ2v) is 5.65. The van der Waals surface area contributed by atoms with E-state index in [-0.39, 0.29) is 0 Å². The number of halogens is 1. The van der Waals surface area contributed by atoms with Crippen molar-refractivity contribution in [3.05, 3.63) is 52.6 Å². The lowest BCUT2D eigenvalue weighted by Gasteiger charge is -2.04. The molecular formula is C14H10ClN2O2S+. The van der Waals surface area contributed by atoms with Crippen LogP contribution < -0.4 is 15.5 Å². The normalized spacial score (nSPS) is 10.7. The van der Waals surface area contributed by atoms with Crippen LogP contribution in [-0.2, 0) is 0 Å². The maximum Gasteiger partial charge on any atom is 0.258 e. The molecule has 0 spiro atoms. The molecule has 0 fully saturated rings. The van der Waals surface area contributed by atoms with Crippen molar-refractivity contribution in [3.8, 4) is 11.5 Å². The van der Waals surface area contributed by atoms with Gasteiger partial charge in [-0.25, -0.2) is 4.98 Å². The van der Waals surface area contributed by atoms with Gasteiger partial charge in [0, 0.05) is 10.4 Å². The van der Waals surface area contributed by atoms with Crippen molar-refractivity contribution in [1.82, 2.24) is 0 Å². The third kappa shape index (κ3) is 2.45. The van der Waals surface area contributed by atoms with Gasteiger partial charge in [-0.2, -0.15) is 0 Å². The van der Waals surface area contributed by atoms with Crippen LogP contribution in [0.5, 0.6) is 11.5 Å². The predicted octanol–water partition coefficient (Wildman–Crippen LogP) is 3.26. The summed E-state index contributed by atoms with van der Waals surface area (Å²) in [5.74, 6) is 0.861. The minimum absolute atomic E-state index is 0.441. The largest absolute Gasteiger partial charge is 0.450 e. The number of carbonyl (C=O) groups is 1. The molecule has 100 valence electrons. The Morgan fingerprint density at radius 1 is 1.25 bits per heavy atom. The first kappa shape index (κ1) is 12.9. The van der Waals surface area contributed by atoms with E-state index in [0.29, 0.717) is 21.4 Å². The summed E-state index contributed by atoms with van der Waals surface area (Å²) in [5, 5.41) is 1.49. The summed E-state index contributed by atoms with van der Waals surface area (Å²) >= 11 is 7.16. The number of carbonyl (C=O) groups excluding carboxylic acids is 1. The highest BCUT2D eigenvalue weighted by Gasteiger charge is 2.14. The molecule has 4 nitrogen and oxygen atoms in total. The number of pyridine rings is 1. The zero-order valence-electron chi connectivity index (χ0n) is 10.2.